The molecule has 1 aliphatic heterocycles. The van der Waals surface area contributed by atoms with Crippen molar-refractivity contribution in [1.29, 1.82) is 0 Å². The van der Waals surface area contributed by atoms with Crippen molar-refractivity contribution >= 4 is 39.1 Å². The Balaban J connectivity index is 1.94. The first-order valence-electron chi connectivity index (χ1n) is 6.50. The number of benzene rings is 2. The van der Waals surface area contributed by atoms with E-state index in [-0.39, 0.29) is 5.41 Å². The molecule has 3 rings (SSSR count). The Kier molecular flexibility index (Phi) is 4.09. The number of hydrogen-bond donors (Lipinski definition) is 1. The molecule has 0 saturated carbocycles. The summed E-state index contributed by atoms with van der Waals surface area (Å²) in [4.78, 5) is 0. The first kappa shape index (κ1) is 14.4. The van der Waals surface area contributed by atoms with Crippen molar-refractivity contribution in [2.75, 3.05) is 13.1 Å². The second-order valence-corrected chi connectivity index (χ2v) is 7.07. The van der Waals surface area contributed by atoms with Gasteiger partial charge in [-0.2, -0.15) is 0 Å². The lowest BCUT2D eigenvalue weighted by molar-refractivity contribution is 0.274. The van der Waals surface area contributed by atoms with Crippen LogP contribution in [0.5, 0.6) is 0 Å². The summed E-state index contributed by atoms with van der Waals surface area (Å²) < 4.78 is 1.11. The molecule has 0 spiro atoms. The molecular formula is C16H14BrCl2N. The summed E-state index contributed by atoms with van der Waals surface area (Å²) in [7, 11) is 0. The van der Waals surface area contributed by atoms with Crippen molar-refractivity contribution in [3.05, 3.63) is 68.1 Å². The van der Waals surface area contributed by atoms with Gasteiger partial charge in [-0.3, -0.25) is 0 Å². The van der Waals surface area contributed by atoms with Crippen LogP contribution in [0.3, 0.4) is 0 Å². The second kappa shape index (κ2) is 5.69. The van der Waals surface area contributed by atoms with E-state index in [4.69, 9.17) is 23.2 Å². The van der Waals surface area contributed by atoms with Crippen LogP contribution in [0, 0.1) is 0 Å². The molecule has 2 aromatic carbocycles. The molecule has 1 N–H and O–H groups in total. The van der Waals surface area contributed by atoms with Crippen molar-refractivity contribution in [2.24, 2.45) is 0 Å². The van der Waals surface area contributed by atoms with E-state index < -0.39 is 0 Å². The molecule has 1 heterocycles. The van der Waals surface area contributed by atoms with Crippen LogP contribution in [0.2, 0.25) is 10.0 Å². The first-order valence-corrected chi connectivity index (χ1v) is 8.05. The third kappa shape index (κ3) is 2.75. The van der Waals surface area contributed by atoms with Crippen molar-refractivity contribution in [1.82, 2.24) is 5.32 Å². The summed E-state index contributed by atoms with van der Waals surface area (Å²) in [6, 6.07) is 14.3. The van der Waals surface area contributed by atoms with Gasteiger partial charge in [0.25, 0.3) is 0 Å². The van der Waals surface area contributed by atoms with E-state index in [2.05, 4.69) is 45.5 Å². The van der Waals surface area contributed by atoms with Gasteiger partial charge in [0, 0.05) is 33.0 Å². The molecule has 1 aliphatic rings. The van der Waals surface area contributed by atoms with Crippen molar-refractivity contribution in [3.63, 3.8) is 0 Å². The van der Waals surface area contributed by atoms with Gasteiger partial charge < -0.3 is 5.32 Å². The number of halogens is 3. The fraction of sp³-hybridized carbons (Fsp3) is 0.250. The van der Waals surface area contributed by atoms with Gasteiger partial charge in [-0.1, -0.05) is 57.3 Å². The minimum atomic E-state index is 0.126. The van der Waals surface area contributed by atoms with Gasteiger partial charge in [0.2, 0.25) is 0 Å². The molecule has 0 atom stereocenters. The maximum Gasteiger partial charge on any atom is 0.0453 e. The minimum Gasteiger partial charge on any atom is -0.315 e. The zero-order valence-corrected chi connectivity index (χ0v) is 13.9. The third-order valence-electron chi connectivity index (χ3n) is 3.91. The minimum absolute atomic E-state index is 0.126. The van der Waals surface area contributed by atoms with Crippen LogP contribution in [-0.4, -0.2) is 13.1 Å². The predicted molar refractivity (Wildman–Crippen MR) is 88.9 cm³/mol. The zero-order chi connectivity index (χ0) is 14.2. The Morgan fingerprint density at radius 3 is 2.50 bits per heavy atom. The van der Waals surface area contributed by atoms with Gasteiger partial charge >= 0.3 is 0 Å². The molecule has 2 aromatic rings. The molecule has 0 bridgehead atoms. The Labute approximate surface area is 137 Å². The van der Waals surface area contributed by atoms with E-state index in [0.717, 1.165) is 34.6 Å². The summed E-state index contributed by atoms with van der Waals surface area (Å²) in [5, 5.41) is 4.82. The average Bonchev–Trinajstić information content (AvgIpc) is 2.36. The van der Waals surface area contributed by atoms with Crippen LogP contribution in [0.1, 0.15) is 11.1 Å². The highest BCUT2D eigenvalue weighted by atomic mass is 79.9. The summed E-state index contributed by atoms with van der Waals surface area (Å²) in [5.41, 5.74) is 2.62. The van der Waals surface area contributed by atoms with E-state index in [0.29, 0.717) is 5.02 Å². The van der Waals surface area contributed by atoms with Gasteiger partial charge in [-0.05, 0) is 41.8 Å². The monoisotopic (exact) mass is 369 g/mol. The van der Waals surface area contributed by atoms with E-state index >= 15 is 0 Å². The van der Waals surface area contributed by atoms with Crippen LogP contribution in [-0.2, 0) is 11.8 Å². The van der Waals surface area contributed by atoms with Crippen molar-refractivity contribution in [2.45, 2.75) is 11.8 Å². The lowest BCUT2D eigenvalue weighted by Crippen LogP contribution is -2.58. The Bertz CT molecular complexity index is 638. The molecule has 104 valence electrons. The molecule has 0 aromatic heterocycles. The smallest absolute Gasteiger partial charge is 0.0453 e. The van der Waals surface area contributed by atoms with Crippen LogP contribution in [0.4, 0.5) is 0 Å². The summed E-state index contributed by atoms with van der Waals surface area (Å²) in [6.07, 6.45) is 0.923. The third-order valence-corrected chi connectivity index (χ3v) is 4.99. The second-order valence-electron chi connectivity index (χ2n) is 5.31. The highest BCUT2D eigenvalue weighted by Gasteiger charge is 2.39. The average molecular weight is 371 g/mol. The van der Waals surface area contributed by atoms with E-state index in [1.54, 1.807) is 0 Å². The van der Waals surface area contributed by atoms with Crippen LogP contribution < -0.4 is 5.32 Å². The molecular weight excluding hydrogens is 357 g/mol. The zero-order valence-electron chi connectivity index (χ0n) is 10.8. The Hall–Kier alpha value is -0.540. The maximum atomic E-state index is 6.32. The SMILES string of the molecule is Clc1ccc(CC2(c3cccc(Br)c3)CNC2)c(Cl)c1. The van der Waals surface area contributed by atoms with E-state index in [1.165, 1.54) is 5.56 Å². The summed E-state index contributed by atoms with van der Waals surface area (Å²) >= 11 is 15.8. The molecule has 1 fully saturated rings. The van der Waals surface area contributed by atoms with Crippen molar-refractivity contribution in [3.8, 4) is 0 Å². The highest BCUT2D eigenvalue weighted by molar-refractivity contribution is 9.10. The molecule has 1 nitrogen and oxygen atoms in total. The Morgan fingerprint density at radius 2 is 1.90 bits per heavy atom. The number of rotatable bonds is 3. The predicted octanol–water partition coefficient (Wildman–Crippen LogP) is 4.84. The molecule has 0 amide bonds. The number of hydrogen-bond acceptors (Lipinski definition) is 1. The summed E-state index contributed by atoms with van der Waals surface area (Å²) in [5.74, 6) is 0. The van der Waals surface area contributed by atoms with Gasteiger partial charge in [0.15, 0.2) is 0 Å². The molecule has 20 heavy (non-hydrogen) atoms. The normalized spacial score (nSPS) is 16.8. The fourth-order valence-electron chi connectivity index (χ4n) is 2.71. The van der Waals surface area contributed by atoms with Crippen LogP contribution >= 0.6 is 39.1 Å². The van der Waals surface area contributed by atoms with Crippen LogP contribution in [0.25, 0.3) is 0 Å². The van der Waals surface area contributed by atoms with E-state index in [9.17, 15) is 0 Å². The van der Waals surface area contributed by atoms with Gasteiger partial charge in [0.1, 0.15) is 0 Å². The van der Waals surface area contributed by atoms with Crippen LogP contribution in [0.15, 0.2) is 46.9 Å². The molecule has 0 unspecified atom stereocenters. The largest absolute Gasteiger partial charge is 0.315 e. The fourth-order valence-corrected chi connectivity index (χ4v) is 3.58. The lowest BCUT2D eigenvalue weighted by Gasteiger charge is -2.43. The topological polar surface area (TPSA) is 12.0 Å². The molecule has 0 aliphatic carbocycles. The highest BCUT2D eigenvalue weighted by Crippen LogP contribution is 2.36. The number of nitrogens with one attached hydrogen (secondary N) is 1. The molecule has 0 radical (unpaired) electrons. The van der Waals surface area contributed by atoms with Crippen molar-refractivity contribution < 1.29 is 0 Å². The molecule has 4 heteroatoms. The van der Waals surface area contributed by atoms with Gasteiger partial charge in [-0.15, -0.1) is 0 Å². The quantitative estimate of drug-likeness (QED) is 0.815. The van der Waals surface area contributed by atoms with Gasteiger partial charge in [-0.25, -0.2) is 0 Å². The standard InChI is InChI=1S/C16H14BrCl2N/c17-13-3-1-2-12(6-13)16(9-20-10-16)8-11-4-5-14(18)7-15(11)19/h1-7,20H,8-10H2. The van der Waals surface area contributed by atoms with Gasteiger partial charge in [0.05, 0.1) is 0 Å². The van der Waals surface area contributed by atoms with E-state index in [1.807, 2.05) is 18.2 Å². The lowest BCUT2D eigenvalue weighted by atomic mass is 9.71. The maximum absolute atomic E-state index is 6.32. The molecule has 1 saturated heterocycles. The Morgan fingerprint density at radius 1 is 1.10 bits per heavy atom. The first-order chi connectivity index (χ1) is 9.59. The summed E-state index contributed by atoms with van der Waals surface area (Å²) in [6.45, 7) is 1.95.